The van der Waals surface area contributed by atoms with Crippen LogP contribution in [0.25, 0.3) is 0 Å². The monoisotopic (exact) mass is 546 g/mol. The van der Waals surface area contributed by atoms with Crippen LogP contribution in [0.5, 0.6) is 0 Å². The molecule has 1 aromatic rings. The molecule has 14 nitrogen and oxygen atoms in total. The van der Waals surface area contributed by atoms with E-state index in [4.69, 9.17) is 25.0 Å². The molecule has 34 heavy (non-hydrogen) atoms. The summed E-state index contributed by atoms with van der Waals surface area (Å²) in [6.45, 7) is 2.22. The van der Waals surface area contributed by atoms with Gasteiger partial charge >= 0.3 is 6.09 Å². The highest BCUT2D eigenvalue weighted by atomic mass is 32.3. The van der Waals surface area contributed by atoms with Crippen LogP contribution in [0.15, 0.2) is 14.5 Å². The van der Waals surface area contributed by atoms with Crippen LogP contribution in [0, 0.1) is 0 Å². The quantitative estimate of drug-likeness (QED) is 0.233. The number of ether oxygens (including phenoxy) is 2. The highest BCUT2D eigenvalue weighted by molar-refractivity contribution is 7.94. The van der Waals surface area contributed by atoms with Crippen LogP contribution >= 0.6 is 11.3 Å². The van der Waals surface area contributed by atoms with E-state index in [1.807, 2.05) is 0 Å². The number of nitrogens with zero attached hydrogens (tertiary/aromatic N) is 3. The number of nitrogens with two attached hydrogens (primary N) is 1. The van der Waals surface area contributed by atoms with E-state index in [1.165, 1.54) is 22.4 Å². The van der Waals surface area contributed by atoms with E-state index in [9.17, 15) is 21.6 Å². The van der Waals surface area contributed by atoms with Crippen LogP contribution in [0.2, 0.25) is 0 Å². The van der Waals surface area contributed by atoms with Crippen molar-refractivity contribution in [2.75, 3.05) is 46.6 Å². The van der Waals surface area contributed by atoms with Crippen molar-refractivity contribution in [3.8, 4) is 0 Å². The summed E-state index contributed by atoms with van der Waals surface area (Å²) in [5.41, 5.74) is 0.176. The van der Waals surface area contributed by atoms with Gasteiger partial charge in [0.1, 0.15) is 8.42 Å². The number of unbranched alkanes of at least 4 members (excludes halogenated alkanes) is 1. The van der Waals surface area contributed by atoms with Crippen LogP contribution in [-0.2, 0) is 34.4 Å². The highest BCUT2D eigenvalue weighted by Gasteiger charge is 2.43. The Morgan fingerprint density at radius 2 is 1.94 bits per heavy atom. The average molecular weight is 547 g/mol. The number of primary sulfonamides is 1. The van der Waals surface area contributed by atoms with Crippen molar-refractivity contribution in [3.63, 3.8) is 0 Å². The lowest BCUT2D eigenvalue weighted by Gasteiger charge is -2.37. The van der Waals surface area contributed by atoms with Crippen molar-refractivity contribution in [1.82, 2.24) is 14.6 Å². The summed E-state index contributed by atoms with van der Waals surface area (Å²) in [7, 11) is -6.67. The lowest BCUT2D eigenvalue weighted by Crippen LogP contribution is -2.47. The molecule has 1 aliphatic heterocycles. The van der Waals surface area contributed by atoms with E-state index in [-0.39, 0.29) is 46.8 Å². The number of thiophene rings is 1. The number of rotatable bonds is 13. The lowest BCUT2D eigenvalue weighted by atomic mass is 10.1. The van der Waals surface area contributed by atoms with Gasteiger partial charge in [0.2, 0.25) is 10.0 Å². The van der Waals surface area contributed by atoms with Crippen LogP contribution in [0.1, 0.15) is 37.8 Å². The van der Waals surface area contributed by atoms with Gasteiger partial charge < -0.3 is 14.4 Å². The first-order chi connectivity index (χ1) is 15.9. The van der Waals surface area contributed by atoms with Crippen molar-refractivity contribution >= 4 is 37.5 Å². The zero-order valence-electron chi connectivity index (χ0n) is 18.8. The van der Waals surface area contributed by atoms with E-state index in [0.29, 0.717) is 37.2 Å². The van der Waals surface area contributed by atoms with Gasteiger partial charge in [-0.3, -0.25) is 15.3 Å². The maximum atomic E-state index is 13.2. The molecule has 2 rings (SSSR count). The first kappa shape index (κ1) is 28.8. The Morgan fingerprint density at radius 3 is 2.53 bits per heavy atom. The molecule has 0 saturated carbocycles. The number of carbonyl (C=O) groups is 1. The third kappa shape index (κ3) is 7.30. The van der Waals surface area contributed by atoms with E-state index < -0.39 is 37.6 Å². The number of carbonyl (C=O) groups excluding carboxylic acids is 1. The fourth-order valence-electron chi connectivity index (χ4n) is 3.38. The van der Waals surface area contributed by atoms with Gasteiger partial charge in [0.15, 0.2) is 0 Å². The second-order valence-electron chi connectivity index (χ2n) is 7.27. The van der Waals surface area contributed by atoms with Gasteiger partial charge in [-0.2, -0.15) is 4.31 Å². The normalized spacial score (nSPS) is 18.1. The molecule has 1 aliphatic rings. The molecule has 0 unspecified atom stereocenters. The Bertz CT molecular complexity index is 1030. The van der Waals surface area contributed by atoms with Gasteiger partial charge in [0.05, 0.1) is 24.6 Å². The topological polar surface area (TPSA) is 189 Å². The minimum absolute atomic E-state index is 0.00638. The molecule has 0 bridgehead atoms. The summed E-state index contributed by atoms with van der Waals surface area (Å²) in [5.74, 6) is 0. The number of methoxy groups -OCH3 is 1. The Morgan fingerprint density at radius 1 is 1.26 bits per heavy atom. The Kier molecular flexibility index (Phi) is 10.6. The molecule has 196 valence electrons. The maximum Gasteiger partial charge on any atom is 0.410 e. The summed E-state index contributed by atoms with van der Waals surface area (Å²) in [5, 5.41) is 21.8. The summed E-state index contributed by atoms with van der Waals surface area (Å²) in [4.78, 5) is 18.6. The van der Waals surface area contributed by atoms with E-state index >= 15 is 0 Å². The molecule has 0 aromatic carbocycles. The molecule has 4 N–H and O–H groups in total. The maximum absolute atomic E-state index is 13.2. The first-order valence-electron chi connectivity index (χ1n) is 10.3. The van der Waals surface area contributed by atoms with Gasteiger partial charge in [0, 0.05) is 38.9 Å². The molecule has 0 saturated heterocycles. The number of hydrogen-bond donors (Lipinski definition) is 3. The fourth-order valence-corrected chi connectivity index (χ4v) is 7.67. The molecule has 0 radical (unpaired) electrons. The second kappa shape index (κ2) is 12.5. The van der Waals surface area contributed by atoms with Crippen LogP contribution in [0.3, 0.4) is 0 Å². The van der Waals surface area contributed by atoms with Crippen molar-refractivity contribution in [3.05, 3.63) is 11.6 Å². The summed E-state index contributed by atoms with van der Waals surface area (Å²) < 4.78 is 61.2. The third-order valence-corrected chi connectivity index (χ3v) is 9.93. The van der Waals surface area contributed by atoms with Gasteiger partial charge in [0.25, 0.3) is 10.0 Å². The molecule has 1 aromatic heterocycles. The zero-order valence-corrected chi connectivity index (χ0v) is 21.3. The predicted octanol–water partition coefficient (Wildman–Crippen LogP) is 0.728. The average Bonchev–Trinajstić information content (AvgIpc) is 3.21. The first-order valence-corrected chi connectivity index (χ1v) is 14.1. The number of hydrogen-bond acceptors (Lipinski definition) is 12. The lowest BCUT2D eigenvalue weighted by molar-refractivity contribution is -0.492. The Hall–Kier alpha value is -1.41. The van der Waals surface area contributed by atoms with Crippen molar-refractivity contribution in [1.29, 1.82) is 0 Å². The van der Waals surface area contributed by atoms with E-state index in [2.05, 4.69) is 4.84 Å². The second-order valence-corrected chi connectivity index (χ2v) is 12.2. The van der Waals surface area contributed by atoms with Gasteiger partial charge in [-0.15, -0.1) is 11.3 Å². The molecule has 0 aliphatic carbocycles. The van der Waals surface area contributed by atoms with Crippen LogP contribution in [-0.4, -0.2) is 94.5 Å². The standard InChI is InChI=1S/C17H30N4O10S3/c1-3-20(17(22)30-9-4-5-10-31-21(23)24)14-12-19(7-6-8-29-2)34(27,28)16-13(14)11-15(32-16)33(18,25)26/h11,14,23-24H,3-10,12H2,1-2H3,(H2,18,25,26)/t14-/m0/s1. The van der Waals surface area contributed by atoms with Crippen LogP contribution in [0.4, 0.5) is 4.79 Å². The highest BCUT2D eigenvalue weighted by Crippen LogP contribution is 2.42. The Labute approximate surface area is 202 Å². The number of amides is 1. The molecule has 1 atom stereocenters. The molecule has 0 fully saturated rings. The number of likely N-dealkylation sites (N-methyl/N-ethyl adjacent to an activating group) is 1. The SMILES string of the molecule is CCN(C(=O)OCCCCON(O)O)[C@H]1CN(CCCOC)S(=O)(=O)c2sc(S(N)(=O)=O)cc21. The zero-order chi connectivity index (χ0) is 25.5. The molecular weight excluding hydrogens is 516 g/mol. The van der Waals surface area contributed by atoms with E-state index in [1.54, 1.807) is 6.92 Å². The minimum Gasteiger partial charge on any atom is -0.449 e. The van der Waals surface area contributed by atoms with Crippen molar-refractivity contribution < 1.29 is 46.4 Å². The van der Waals surface area contributed by atoms with Crippen molar-refractivity contribution in [2.24, 2.45) is 5.14 Å². The molecule has 0 spiro atoms. The smallest absolute Gasteiger partial charge is 0.410 e. The summed E-state index contributed by atoms with van der Waals surface area (Å²) in [6.07, 6.45) is 0.449. The van der Waals surface area contributed by atoms with Gasteiger partial charge in [-0.1, -0.05) is 0 Å². The third-order valence-electron chi connectivity index (χ3n) is 4.97. The summed E-state index contributed by atoms with van der Waals surface area (Å²) >= 11 is 0.553. The molecular formula is C17H30N4O10S3. The van der Waals surface area contributed by atoms with Crippen LogP contribution < -0.4 is 5.14 Å². The minimum atomic E-state index is -4.16. The Balaban J connectivity index is 2.26. The summed E-state index contributed by atoms with van der Waals surface area (Å²) in [6, 6.07) is 0.415. The molecule has 2 heterocycles. The molecule has 17 heteroatoms. The largest absolute Gasteiger partial charge is 0.449 e. The fraction of sp³-hybridized carbons (Fsp3) is 0.706. The van der Waals surface area contributed by atoms with Gasteiger partial charge in [-0.05, 0) is 32.3 Å². The molecule has 1 amide bonds. The predicted molar refractivity (Wildman–Crippen MR) is 118 cm³/mol. The number of sulfonamides is 2. The van der Waals surface area contributed by atoms with Crippen molar-refractivity contribution in [2.45, 2.75) is 40.6 Å². The number of fused-ring (bicyclic) bond motifs is 1. The van der Waals surface area contributed by atoms with Gasteiger partial charge in [-0.25, -0.2) is 26.8 Å². The van der Waals surface area contributed by atoms with E-state index in [0.717, 1.165) is 0 Å².